The molecule has 2 aromatic rings. The second-order valence-electron chi connectivity index (χ2n) is 20.6. The summed E-state index contributed by atoms with van der Waals surface area (Å²) < 4.78 is 0. The number of benzene rings is 2. The van der Waals surface area contributed by atoms with Crippen LogP contribution >= 0.6 is 0 Å². The van der Waals surface area contributed by atoms with E-state index in [1.54, 1.807) is 44.2 Å². The maximum atomic E-state index is 14.7. The van der Waals surface area contributed by atoms with Crippen LogP contribution in [0.25, 0.3) is 0 Å². The van der Waals surface area contributed by atoms with Crippen molar-refractivity contribution in [3.63, 3.8) is 0 Å². The largest absolute Gasteiger partial charge is 0.481 e. The van der Waals surface area contributed by atoms with Crippen molar-refractivity contribution in [2.75, 3.05) is 19.6 Å². The molecule has 0 radical (unpaired) electrons. The molecule has 0 heterocycles. The average Bonchev–Trinajstić information content (AvgIpc) is 3.64. The highest BCUT2D eigenvalue weighted by Gasteiger charge is 2.36. The molecule has 0 spiro atoms. The van der Waals surface area contributed by atoms with Gasteiger partial charge in [-0.2, -0.15) is 0 Å². The summed E-state index contributed by atoms with van der Waals surface area (Å²) in [6, 6.07) is 1.25. The Kier molecular flexibility index (Phi) is 31.9. The Bertz CT molecular complexity index is 2580. The molecule has 0 unspecified atom stereocenters. The molecular weight excluding hydrogens is 1090 g/mol. The zero-order chi connectivity index (χ0) is 63.1. The Morgan fingerprint density at radius 2 is 1.05 bits per heavy atom. The predicted octanol–water partition coefficient (Wildman–Crippen LogP) is -1.78. The lowest BCUT2D eigenvalue weighted by Gasteiger charge is -2.29. The van der Waals surface area contributed by atoms with Crippen molar-refractivity contribution in [1.29, 1.82) is 0 Å². The number of ketones is 1. The number of rotatable bonds is 39. The monoisotopic (exact) mass is 1180 g/mol. The summed E-state index contributed by atoms with van der Waals surface area (Å²) in [5.74, 6) is -10.2. The van der Waals surface area contributed by atoms with Crippen molar-refractivity contribution < 1.29 is 62.8 Å². The van der Waals surface area contributed by atoms with Gasteiger partial charge in [-0.1, -0.05) is 82.5 Å². The van der Waals surface area contributed by atoms with Gasteiger partial charge in [0.25, 0.3) is 5.69 Å². The van der Waals surface area contributed by atoms with Gasteiger partial charge in [0.05, 0.1) is 17.5 Å². The molecule has 18 N–H and O–H groups in total. The molecule has 2 aromatic carbocycles. The quantitative estimate of drug-likeness (QED) is 0.0116. The van der Waals surface area contributed by atoms with E-state index in [1.165, 1.54) is 32.9 Å². The molecule has 0 fully saturated rings. The van der Waals surface area contributed by atoms with Gasteiger partial charge in [-0.3, -0.25) is 67.8 Å². The Hall–Kier alpha value is -8.60. The molecule has 0 aromatic heterocycles. The number of carbonyl (C=O) groups excluding carboxylic acids is 10. The number of nitrogens with two attached hydrogens (primary N) is 4. The van der Waals surface area contributed by atoms with Crippen molar-refractivity contribution >= 4 is 76.6 Å². The first-order valence-corrected chi connectivity index (χ1v) is 27.9. The van der Waals surface area contributed by atoms with E-state index in [0.717, 1.165) is 12.1 Å². The normalized spacial score (nSPS) is 14.2. The molecule has 0 saturated heterocycles. The maximum absolute atomic E-state index is 14.7. The molecule has 0 saturated carbocycles. The summed E-state index contributed by atoms with van der Waals surface area (Å²) in [6.45, 7) is 9.20. The molecule has 464 valence electrons. The van der Waals surface area contributed by atoms with Gasteiger partial charge < -0.3 is 75.9 Å². The zero-order valence-electron chi connectivity index (χ0n) is 48.5. The third-order valence-electron chi connectivity index (χ3n) is 13.0. The van der Waals surface area contributed by atoms with Gasteiger partial charge in [0.2, 0.25) is 53.2 Å². The van der Waals surface area contributed by atoms with Gasteiger partial charge >= 0.3 is 5.97 Å². The van der Waals surface area contributed by atoms with Crippen LogP contribution in [-0.4, -0.2) is 155 Å². The number of nitro benzene ring substituents is 1. The molecule has 9 atom stereocenters. The van der Waals surface area contributed by atoms with E-state index < -0.39 is 137 Å². The summed E-state index contributed by atoms with van der Waals surface area (Å²) in [7, 11) is 0. The second kappa shape index (κ2) is 37.5. The van der Waals surface area contributed by atoms with Crippen molar-refractivity contribution in [3.05, 3.63) is 75.8 Å². The molecule has 84 heavy (non-hydrogen) atoms. The van der Waals surface area contributed by atoms with Gasteiger partial charge in [0.15, 0.2) is 5.96 Å². The summed E-state index contributed by atoms with van der Waals surface area (Å²) in [5, 5.41) is 44.2. The van der Waals surface area contributed by atoms with Gasteiger partial charge in [0, 0.05) is 37.9 Å². The van der Waals surface area contributed by atoms with Crippen LogP contribution in [0.1, 0.15) is 117 Å². The highest BCUT2D eigenvalue weighted by molar-refractivity contribution is 5.98. The van der Waals surface area contributed by atoms with E-state index in [-0.39, 0.29) is 68.2 Å². The number of aliphatic carboxylic acids is 1. The van der Waals surface area contributed by atoms with Crippen molar-refractivity contribution in [2.45, 2.75) is 173 Å². The lowest BCUT2D eigenvalue weighted by Crippen LogP contribution is -2.61. The van der Waals surface area contributed by atoms with E-state index in [0.29, 0.717) is 44.2 Å². The predicted molar refractivity (Wildman–Crippen MR) is 309 cm³/mol. The number of nitro groups is 1. The van der Waals surface area contributed by atoms with Crippen LogP contribution < -0.4 is 70.8 Å². The Balaban J connectivity index is 2.55. The minimum absolute atomic E-state index is 0.0475. The summed E-state index contributed by atoms with van der Waals surface area (Å²) in [6.07, 6.45) is 1.24. The van der Waals surface area contributed by atoms with Gasteiger partial charge in [-0.15, -0.1) is 0 Å². The standard InChI is InChI=1S/C55H85N15O14/c1-7-8-18-39(49(77)61-30-32(4)71)64-47(75)34(6)63-50(78)41(24-25-44(72)73)66-52(80)42(29-36-20-22-37(23-21-36)70(83)84)67-53(81)43(28-35-15-10-9-11-16-35)68-54(82)45(31(2)3)69-51(79)40(19-14-27-60-55(58)59)65-46(74)33(5)62-48(76)38(57)17-12-13-26-56/h9-11,15-16,20-23,31,33-34,38-43,45H,7-8,12-14,17-19,24-30,56-57H2,1-6H3,(H,61,77)(H,62,76)(H,63,78)(H,64,75)(H,65,74)(H,66,80)(H,67,81)(H,68,82)(H,69,79)(H,72,73)(H4,58,59,60)/t33-,34-,38-,39-,40-,41-,42-,43-,45-/m0/s1. The number of amides is 9. The van der Waals surface area contributed by atoms with E-state index in [9.17, 15) is 68.0 Å². The molecule has 29 heteroatoms. The highest BCUT2D eigenvalue weighted by atomic mass is 16.6. The molecule has 0 aliphatic rings. The molecule has 29 nitrogen and oxygen atoms in total. The number of nitrogens with one attached hydrogen (secondary N) is 9. The molecule has 0 aliphatic heterocycles. The Labute approximate surface area is 488 Å². The first-order chi connectivity index (χ1) is 39.7. The van der Waals surface area contributed by atoms with Crippen LogP contribution in [0.15, 0.2) is 59.6 Å². The van der Waals surface area contributed by atoms with E-state index in [2.05, 4.69) is 52.8 Å². The molecule has 2 rings (SSSR count). The zero-order valence-corrected chi connectivity index (χ0v) is 48.5. The smallest absolute Gasteiger partial charge is 0.303 e. The van der Waals surface area contributed by atoms with Gasteiger partial charge in [0.1, 0.15) is 54.1 Å². The fraction of sp³-hybridized carbons (Fsp3) is 0.564. The maximum Gasteiger partial charge on any atom is 0.303 e. The van der Waals surface area contributed by atoms with Crippen LogP contribution in [0.5, 0.6) is 0 Å². The number of carboxylic acids is 1. The molecular formula is C55H85N15O14. The number of guanidine groups is 1. The minimum atomic E-state index is -1.66. The molecule has 9 amide bonds. The third kappa shape index (κ3) is 27.0. The lowest BCUT2D eigenvalue weighted by molar-refractivity contribution is -0.384. The Morgan fingerprint density at radius 1 is 0.571 bits per heavy atom. The number of aliphatic imine (C=N–C) groups is 1. The number of carbonyl (C=O) groups is 11. The van der Waals surface area contributed by atoms with Gasteiger partial charge in [-0.05, 0) is 82.9 Å². The van der Waals surface area contributed by atoms with Crippen molar-refractivity contribution in [2.24, 2.45) is 33.8 Å². The van der Waals surface area contributed by atoms with Crippen LogP contribution in [-0.2, 0) is 65.6 Å². The number of hydrogen-bond acceptors (Lipinski definition) is 16. The SMILES string of the molecule is CCCC[C@H](NC(=O)[C@H](C)NC(=O)[C@H](CCC(=O)O)NC(=O)[C@H](Cc1ccc([N+](=O)[O-])cc1)NC(=O)[C@H](Cc1ccccc1)NC(=O)[C@@H](NC(=O)[C@H](CCCN=C(N)N)NC(=O)[C@H](C)NC(=O)[C@@H](N)CCCCN)C(C)C)C(=O)NCC(C)=O. The molecule has 0 bridgehead atoms. The first-order valence-electron chi connectivity index (χ1n) is 27.9. The van der Waals surface area contributed by atoms with Crippen LogP contribution in [0.2, 0.25) is 0 Å². The number of non-ortho nitro benzene ring substituents is 1. The second-order valence-corrected chi connectivity index (χ2v) is 20.6. The van der Waals surface area contributed by atoms with E-state index in [4.69, 9.17) is 22.9 Å². The fourth-order valence-corrected chi connectivity index (χ4v) is 8.17. The number of nitrogens with zero attached hydrogens (tertiary/aromatic N) is 2. The van der Waals surface area contributed by atoms with E-state index in [1.807, 2.05) is 6.92 Å². The van der Waals surface area contributed by atoms with Crippen LogP contribution in [0.4, 0.5) is 5.69 Å². The van der Waals surface area contributed by atoms with Crippen molar-refractivity contribution in [1.82, 2.24) is 47.9 Å². The minimum Gasteiger partial charge on any atom is -0.481 e. The topological polar surface area (TPSA) is 476 Å². The lowest BCUT2D eigenvalue weighted by atomic mass is 9.99. The van der Waals surface area contributed by atoms with Gasteiger partial charge in [-0.25, -0.2) is 0 Å². The summed E-state index contributed by atoms with van der Waals surface area (Å²) >= 11 is 0. The number of unbranched alkanes of at least 4 members (excludes halogenated alkanes) is 2. The first kappa shape index (κ1) is 71.5. The Morgan fingerprint density at radius 3 is 1.56 bits per heavy atom. The number of hydrogen-bond donors (Lipinski definition) is 14. The van der Waals surface area contributed by atoms with Crippen molar-refractivity contribution in [3.8, 4) is 0 Å². The highest BCUT2D eigenvalue weighted by Crippen LogP contribution is 2.16. The van der Waals surface area contributed by atoms with Crippen LogP contribution in [0, 0.1) is 16.0 Å². The average molecular weight is 1180 g/mol. The third-order valence-corrected chi connectivity index (χ3v) is 13.0. The number of Topliss-reactive ketones (excluding diaryl/α,β-unsaturated/α-hetero) is 1. The van der Waals surface area contributed by atoms with E-state index >= 15 is 0 Å². The molecule has 0 aliphatic carbocycles. The number of carboxylic acid groups (broad SMARTS) is 1. The summed E-state index contributed by atoms with van der Waals surface area (Å²) in [4.78, 5) is 163. The van der Waals surface area contributed by atoms with Crippen LogP contribution in [0.3, 0.4) is 0 Å². The summed E-state index contributed by atoms with van der Waals surface area (Å²) in [5.41, 5.74) is 23.0. The fourth-order valence-electron chi connectivity index (χ4n) is 8.17.